The van der Waals surface area contributed by atoms with Gasteiger partial charge in [-0.15, -0.1) is 0 Å². The van der Waals surface area contributed by atoms with Gasteiger partial charge >= 0.3 is 0 Å². The summed E-state index contributed by atoms with van der Waals surface area (Å²) < 4.78 is 0. The van der Waals surface area contributed by atoms with Crippen LogP contribution in [0, 0.1) is 0 Å². The molecule has 33 heavy (non-hydrogen) atoms. The quantitative estimate of drug-likeness (QED) is 0.695. The van der Waals surface area contributed by atoms with Gasteiger partial charge in [0.15, 0.2) is 0 Å². The molecule has 0 saturated carbocycles. The standard InChI is InChI=1S/C24H29ClN4O4/c1-3-4-5-16-11-28(24(33)20-10-18(31)12-29(20)14(2)30)13-19-21(16)26-22(27-23(19)32)15-6-8-17(25)9-7-15/h6-9,16,18,20,31H,3-5,10-13H2,1-2H3,(H,26,27,32)/t16?,18-,20+/m1/s1. The van der Waals surface area contributed by atoms with Gasteiger partial charge in [0, 0.05) is 42.9 Å². The van der Waals surface area contributed by atoms with Gasteiger partial charge in [0.25, 0.3) is 5.56 Å². The molecule has 1 fully saturated rings. The van der Waals surface area contributed by atoms with Crippen molar-refractivity contribution in [3.8, 4) is 11.4 Å². The molecule has 1 saturated heterocycles. The highest BCUT2D eigenvalue weighted by molar-refractivity contribution is 6.30. The minimum absolute atomic E-state index is 0.0805. The van der Waals surface area contributed by atoms with Crippen LogP contribution in [0.4, 0.5) is 0 Å². The van der Waals surface area contributed by atoms with Crippen LogP contribution >= 0.6 is 11.6 Å². The number of H-pyrrole nitrogens is 1. The number of aromatic nitrogens is 2. The fourth-order valence-electron chi connectivity index (χ4n) is 4.81. The van der Waals surface area contributed by atoms with E-state index in [1.807, 2.05) is 12.1 Å². The number of aliphatic hydroxyl groups excluding tert-OH is 1. The first kappa shape index (κ1) is 23.4. The highest BCUT2D eigenvalue weighted by Gasteiger charge is 2.41. The zero-order valence-electron chi connectivity index (χ0n) is 18.9. The Hall–Kier alpha value is -2.71. The molecule has 0 bridgehead atoms. The number of unbranched alkanes of at least 4 members (excludes halogenated alkanes) is 1. The SMILES string of the molecule is CCCCC1CN(C(=O)[C@@H]2C[C@@H](O)CN2C(C)=O)Cc2c1nc(-c1ccc(Cl)cc1)[nH]c2=O. The second-order valence-electron chi connectivity index (χ2n) is 8.92. The van der Waals surface area contributed by atoms with Gasteiger partial charge in [0.2, 0.25) is 11.8 Å². The Morgan fingerprint density at radius 1 is 1.24 bits per heavy atom. The molecule has 8 nitrogen and oxygen atoms in total. The summed E-state index contributed by atoms with van der Waals surface area (Å²) in [7, 11) is 0. The number of aliphatic hydroxyl groups is 1. The van der Waals surface area contributed by atoms with Crippen LogP contribution in [0.25, 0.3) is 11.4 Å². The summed E-state index contributed by atoms with van der Waals surface area (Å²) in [5.41, 5.74) is 1.72. The molecule has 3 atom stereocenters. The van der Waals surface area contributed by atoms with Crippen LogP contribution in [0.15, 0.2) is 29.1 Å². The van der Waals surface area contributed by atoms with Crippen molar-refractivity contribution < 1.29 is 14.7 Å². The number of β-amino-alcohol motifs (C(OH)–C–C–N with tert-alkyl or cyclic N) is 1. The number of carbonyl (C=O) groups is 2. The molecule has 2 aliphatic heterocycles. The van der Waals surface area contributed by atoms with Crippen LogP contribution in [-0.4, -0.2) is 61.9 Å². The second-order valence-corrected chi connectivity index (χ2v) is 9.36. The number of hydrogen-bond donors (Lipinski definition) is 2. The Bertz CT molecular complexity index is 1100. The van der Waals surface area contributed by atoms with Crippen molar-refractivity contribution in [2.24, 2.45) is 0 Å². The number of nitrogens with one attached hydrogen (secondary N) is 1. The number of halogens is 1. The lowest BCUT2D eigenvalue weighted by Crippen LogP contribution is -2.50. The Morgan fingerprint density at radius 3 is 2.64 bits per heavy atom. The van der Waals surface area contributed by atoms with E-state index in [2.05, 4.69) is 11.9 Å². The number of carbonyl (C=O) groups excluding carboxylic acids is 2. The van der Waals surface area contributed by atoms with Gasteiger partial charge in [-0.2, -0.15) is 0 Å². The molecule has 0 radical (unpaired) electrons. The molecule has 1 aromatic heterocycles. The van der Waals surface area contributed by atoms with Gasteiger partial charge in [-0.3, -0.25) is 14.4 Å². The summed E-state index contributed by atoms with van der Waals surface area (Å²) in [6.45, 7) is 4.23. The van der Waals surface area contributed by atoms with Crippen molar-refractivity contribution in [2.75, 3.05) is 13.1 Å². The molecule has 2 aliphatic rings. The fourth-order valence-corrected chi connectivity index (χ4v) is 4.94. The van der Waals surface area contributed by atoms with Gasteiger partial charge in [-0.1, -0.05) is 31.4 Å². The Labute approximate surface area is 197 Å². The lowest BCUT2D eigenvalue weighted by Gasteiger charge is -2.36. The van der Waals surface area contributed by atoms with Crippen LogP contribution in [0.1, 0.15) is 56.7 Å². The number of benzene rings is 1. The minimum Gasteiger partial charge on any atom is -0.391 e. The third kappa shape index (κ3) is 4.82. The second kappa shape index (κ2) is 9.65. The average Bonchev–Trinajstić information content (AvgIpc) is 3.19. The number of aromatic amines is 1. The van der Waals surface area contributed by atoms with E-state index in [1.165, 1.54) is 11.8 Å². The zero-order chi connectivity index (χ0) is 23.7. The normalized spacial score (nSPS) is 22.4. The van der Waals surface area contributed by atoms with Crippen LogP contribution in [0.5, 0.6) is 0 Å². The summed E-state index contributed by atoms with van der Waals surface area (Å²) in [6.07, 6.45) is 2.22. The number of rotatable bonds is 5. The Morgan fingerprint density at radius 2 is 1.97 bits per heavy atom. The highest BCUT2D eigenvalue weighted by atomic mass is 35.5. The van der Waals surface area contributed by atoms with Gasteiger partial charge in [0.1, 0.15) is 11.9 Å². The number of fused-ring (bicyclic) bond motifs is 1. The molecule has 2 amide bonds. The van der Waals surface area contributed by atoms with Crippen LogP contribution < -0.4 is 5.56 Å². The fraction of sp³-hybridized carbons (Fsp3) is 0.500. The largest absolute Gasteiger partial charge is 0.391 e. The van der Waals surface area contributed by atoms with Crippen molar-refractivity contribution in [3.63, 3.8) is 0 Å². The molecule has 0 aliphatic carbocycles. The van der Waals surface area contributed by atoms with Gasteiger partial charge in [-0.05, 0) is 30.7 Å². The van der Waals surface area contributed by atoms with E-state index in [0.717, 1.165) is 30.5 Å². The molecule has 3 heterocycles. The maximum absolute atomic E-state index is 13.4. The Balaban J connectivity index is 1.68. The van der Waals surface area contributed by atoms with E-state index in [9.17, 15) is 19.5 Å². The molecule has 4 rings (SSSR count). The first-order valence-electron chi connectivity index (χ1n) is 11.4. The third-order valence-corrected chi connectivity index (χ3v) is 6.78. The number of nitrogens with zero attached hydrogens (tertiary/aromatic N) is 3. The van der Waals surface area contributed by atoms with Crippen molar-refractivity contribution in [3.05, 3.63) is 50.9 Å². The van der Waals surface area contributed by atoms with Crippen LogP contribution in [0.3, 0.4) is 0 Å². The smallest absolute Gasteiger partial charge is 0.256 e. The predicted octanol–water partition coefficient (Wildman–Crippen LogP) is 2.69. The van der Waals surface area contributed by atoms with E-state index in [4.69, 9.17) is 16.6 Å². The first-order chi connectivity index (χ1) is 15.8. The van der Waals surface area contributed by atoms with Crippen molar-refractivity contribution in [1.29, 1.82) is 0 Å². The van der Waals surface area contributed by atoms with Crippen molar-refractivity contribution in [2.45, 2.75) is 64.1 Å². The number of amides is 2. The predicted molar refractivity (Wildman–Crippen MR) is 125 cm³/mol. The molecular formula is C24H29ClN4O4. The molecule has 2 aromatic rings. The third-order valence-electron chi connectivity index (χ3n) is 6.53. The summed E-state index contributed by atoms with van der Waals surface area (Å²) in [4.78, 5) is 49.3. The van der Waals surface area contributed by atoms with E-state index in [0.29, 0.717) is 23.0 Å². The van der Waals surface area contributed by atoms with E-state index in [-0.39, 0.29) is 42.8 Å². The highest BCUT2D eigenvalue weighted by Crippen LogP contribution is 2.32. The van der Waals surface area contributed by atoms with Crippen LogP contribution in [0.2, 0.25) is 5.02 Å². The summed E-state index contributed by atoms with van der Waals surface area (Å²) in [5, 5.41) is 10.7. The number of likely N-dealkylation sites (tertiary alicyclic amines) is 1. The summed E-state index contributed by atoms with van der Waals surface area (Å²) >= 11 is 5.99. The average molecular weight is 473 g/mol. The van der Waals surface area contributed by atoms with Crippen molar-refractivity contribution in [1.82, 2.24) is 19.8 Å². The maximum Gasteiger partial charge on any atom is 0.256 e. The summed E-state index contributed by atoms with van der Waals surface area (Å²) in [5.74, 6) is -0.0616. The van der Waals surface area contributed by atoms with Gasteiger partial charge in [-0.25, -0.2) is 4.98 Å². The molecule has 2 N–H and O–H groups in total. The molecule has 9 heteroatoms. The first-order valence-corrected chi connectivity index (χ1v) is 11.8. The Kier molecular flexibility index (Phi) is 6.86. The van der Waals surface area contributed by atoms with Crippen LogP contribution in [-0.2, 0) is 16.1 Å². The van der Waals surface area contributed by atoms with E-state index < -0.39 is 12.1 Å². The molecule has 176 valence electrons. The topological polar surface area (TPSA) is 107 Å². The van der Waals surface area contributed by atoms with Crippen molar-refractivity contribution >= 4 is 23.4 Å². The number of hydrogen-bond acceptors (Lipinski definition) is 5. The molecular weight excluding hydrogens is 444 g/mol. The zero-order valence-corrected chi connectivity index (χ0v) is 19.6. The lowest BCUT2D eigenvalue weighted by atomic mass is 9.90. The summed E-state index contributed by atoms with van der Waals surface area (Å²) in [6, 6.07) is 6.43. The van der Waals surface area contributed by atoms with E-state index >= 15 is 0 Å². The molecule has 0 spiro atoms. The lowest BCUT2D eigenvalue weighted by molar-refractivity contribution is -0.143. The molecule has 1 aromatic carbocycles. The monoisotopic (exact) mass is 472 g/mol. The maximum atomic E-state index is 13.4. The molecule has 1 unspecified atom stereocenters. The van der Waals surface area contributed by atoms with Gasteiger partial charge < -0.3 is 19.9 Å². The minimum atomic E-state index is -0.720. The van der Waals surface area contributed by atoms with E-state index in [1.54, 1.807) is 17.0 Å². The van der Waals surface area contributed by atoms with Gasteiger partial charge in [0.05, 0.1) is 23.9 Å².